The van der Waals surface area contributed by atoms with E-state index >= 15 is 0 Å². The topological polar surface area (TPSA) is 46.3 Å². The van der Waals surface area contributed by atoms with Gasteiger partial charge in [-0.15, -0.1) is 0 Å². The van der Waals surface area contributed by atoms with Crippen LogP contribution in [-0.2, 0) is 0 Å². The van der Waals surface area contributed by atoms with E-state index in [9.17, 15) is 4.79 Å². The first-order chi connectivity index (χ1) is 9.63. The number of rotatable bonds is 5. The molecule has 3 heteroatoms. The van der Waals surface area contributed by atoms with Crippen molar-refractivity contribution in [2.45, 2.75) is 51.5 Å². The van der Waals surface area contributed by atoms with E-state index in [0.717, 1.165) is 18.4 Å². The highest BCUT2D eigenvalue weighted by Crippen LogP contribution is 2.25. The standard InChI is InChI=1S/C17H26N2O/c1-13(2)14-7-9-15(10-8-14)17(20)19(12-11-18)16-5-3-4-6-16/h7-10,13,16H,3-6,11-12,18H2,1-2H3. The fourth-order valence-electron chi connectivity index (χ4n) is 2.98. The number of nitrogens with zero attached hydrogens (tertiary/aromatic N) is 1. The third-order valence-electron chi connectivity index (χ3n) is 4.22. The molecule has 3 nitrogen and oxygen atoms in total. The fraction of sp³-hybridized carbons (Fsp3) is 0.588. The summed E-state index contributed by atoms with van der Waals surface area (Å²) in [6.45, 7) is 5.52. The van der Waals surface area contributed by atoms with Gasteiger partial charge in [0.1, 0.15) is 0 Å². The fourth-order valence-corrected chi connectivity index (χ4v) is 2.98. The SMILES string of the molecule is CC(C)c1ccc(C(=O)N(CCN)C2CCCC2)cc1. The molecule has 1 aliphatic rings. The van der Waals surface area contributed by atoms with Gasteiger partial charge < -0.3 is 10.6 Å². The lowest BCUT2D eigenvalue weighted by atomic mass is 10.0. The minimum atomic E-state index is 0.137. The molecule has 110 valence electrons. The van der Waals surface area contributed by atoms with Crippen LogP contribution in [0.3, 0.4) is 0 Å². The zero-order chi connectivity index (χ0) is 14.5. The van der Waals surface area contributed by atoms with Crippen LogP contribution < -0.4 is 5.73 Å². The van der Waals surface area contributed by atoms with Gasteiger partial charge in [-0.05, 0) is 36.5 Å². The van der Waals surface area contributed by atoms with E-state index < -0.39 is 0 Å². The van der Waals surface area contributed by atoms with Crippen LogP contribution in [0.5, 0.6) is 0 Å². The Hall–Kier alpha value is -1.35. The van der Waals surface area contributed by atoms with E-state index in [2.05, 4.69) is 26.0 Å². The summed E-state index contributed by atoms with van der Waals surface area (Å²) in [4.78, 5) is 14.7. The molecule has 1 amide bonds. The van der Waals surface area contributed by atoms with Crippen LogP contribution in [0.15, 0.2) is 24.3 Å². The summed E-state index contributed by atoms with van der Waals surface area (Å²) in [6, 6.07) is 8.42. The Bertz CT molecular complexity index is 433. The zero-order valence-corrected chi connectivity index (χ0v) is 12.6. The monoisotopic (exact) mass is 274 g/mol. The van der Waals surface area contributed by atoms with Crippen molar-refractivity contribution in [2.75, 3.05) is 13.1 Å². The molecule has 0 aromatic heterocycles. The van der Waals surface area contributed by atoms with Crippen LogP contribution in [0.25, 0.3) is 0 Å². The highest BCUT2D eigenvalue weighted by Gasteiger charge is 2.26. The van der Waals surface area contributed by atoms with Crippen molar-refractivity contribution in [3.05, 3.63) is 35.4 Å². The van der Waals surface area contributed by atoms with Crippen LogP contribution in [0.4, 0.5) is 0 Å². The molecule has 20 heavy (non-hydrogen) atoms. The summed E-state index contributed by atoms with van der Waals surface area (Å²) >= 11 is 0. The Labute approximate surface area is 122 Å². The molecule has 0 spiro atoms. The molecule has 1 fully saturated rings. The quantitative estimate of drug-likeness (QED) is 0.896. The van der Waals surface area contributed by atoms with Gasteiger partial charge in [0.25, 0.3) is 5.91 Å². The van der Waals surface area contributed by atoms with Gasteiger partial charge in [-0.1, -0.05) is 38.8 Å². The lowest BCUT2D eigenvalue weighted by molar-refractivity contribution is 0.0688. The summed E-state index contributed by atoms with van der Waals surface area (Å²) < 4.78 is 0. The van der Waals surface area contributed by atoms with Crippen molar-refractivity contribution in [3.8, 4) is 0 Å². The van der Waals surface area contributed by atoms with Crippen molar-refractivity contribution in [2.24, 2.45) is 5.73 Å². The first kappa shape index (κ1) is 15.0. The molecule has 0 bridgehead atoms. The first-order valence-corrected chi connectivity index (χ1v) is 7.74. The maximum Gasteiger partial charge on any atom is 0.254 e. The molecule has 0 saturated heterocycles. The van der Waals surface area contributed by atoms with Gasteiger partial charge in [0.15, 0.2) is 0 Å². The molecule has 2 N–H and O–H groups in total. The minimum Gasteiger partial charge on any atom is -0.334 e. The number of hydrogen-bond acceptors (Lipinski definition) is 2. The number of nitrogens with two attached hydrogens (primary N) is 1. The second-order valence-corrected chi connectivity index (χ2v) is 6.00. The normalized spacial score (nSPS) is 15.8. The molecular formula is C17H26N2O. The summed E-state index contributed by atoms with van der Waals surface area (Å²) in [7, 11) is 0. The summed E-state index contributed by atoms with van der Waals surface area (Å²) in [5, 5.41) is 0. The Balaban J connectivity index is 2.13. The molecular weight excluding hydrogens is 248 g/mol. The van der Waals surface area contributed by atoms with Crippen molar-refractivity contribution in [3.63, 3.8) is 0 Å². The molecule has 0 aliphatic heterocycles. The van der Waals surface area contributed by atoms with Crippen LogP contribution in [-0.4, -0.2) is 29.9 Å². The molecule has 1 aliphatic carbocycles. The molecule has 1 aromatic rings. The maximum absolute atomic E-state index is 12.7. The van der Waals surface area contributed by atoms with Crippen molar-refractivity contribution < 1.29 is 4.79 Å². The number of benzene rings is 1. The Morgan fingerprint density at radius 1 is 1.25 bits per heavy atom. The third-order valence-corrected chi connectivity index (χ3v) is 4.22. The predicted molar refractivity (Wildman–Crippen MR) is 82.9 cm³/mol. The second kappa shape index (κ2) is 6.89. The van der Waals surface area contributed by atoms with Gasteiger partial charge in [0.2, 0.25) is 0 Å². The van der Waals surface area contributed by atoms with Gasteiger partial charge in [-0.3, -0.25) is 4.79 Å². The average molecular weight is 274 g/mol. The molecule has 1 saturated carbocycles. The summed E-state index contributed by atoms with van der Waals surface area (Å²) in [6.07, 6.45) is 4.70. The van der Waals surface area contributed by atoms with Crippen LogP contribution in [0, 0.1) is 0 Å². The Morgan fingerprint density at radius 2 is 1.85 bits per heavy atom. The summed E-state index contributed by atoms with van der Waals surface area (Å²) in [5.74, 6) is 0.631. The van der Waals surface area contributed by atoms with E-state index in [1.54, 1.807) is 0 Å². The van der Waals surface area contributed by atoms with E-state index in [-0.39, 0.29) is 5.91 Å². The van der Waals surface area contributed by atoms with Gasteiger partial charge in [0, 0.05) is 24.7 Å². The third kappa shape index (κ3) is 3.40. The minimum absolute atomic E-state index is 0.137. The number of hydrogen-bond donors (Lipinski definition) is 1. The number of carbonyl (C=O) groups excluding carboxylic acids is 1. The molecule has 1 aromatic carbocycles. The van der Waals surface area contributed by atoms with Crippen LogP contribution in [0.1, 0.15) is 61.4 Å². The zero-order valence-electron chi connectivity index (χ0n) is 12.6. The van der Waals surface area contributed by atoms with E-state index in [0.29, 0.717) is 25.0 Å². The number of carbonyl (C=O) groups is 1. The largest absolute Gasteiger partial charge is 0.334 e. The van der Waals surface area contributed by atoms with E-state index in [1.165, 1.54) is 18.4 Å². The van der Waals surface area contributed by atoms with Gasteiger partial charge in [-0.25, -0.2) is 0 Å². The van der Waals surface area contributed by atoms with E-state index in [1.807, 2.05) is 17.0 Å². The molecule has 0 atom stereocenters. The number of amides is 1. The molecule has 0 radical (unpaired) electrons. The lowest BCUT2D eigenvalue weighted by Crippen LogP contribution is -2.41. The Kier molecular flexibility index (Phi) is 5.18. The van der Waals surface area contributed by atoms with Gasteiger partial charge >= 0.3 is 0 Å². The predicted octanol–water partition coefficient (Wildman–Crippen LogP) is 3.15. The molecule has 0 unspecified atom stereocenters. The van der Waals surface area contributed by atoms with Crippen molar-refractivity contribution >= 4 is 5.91 Å². The highest BCUT2D eigenvalue weighted by atomic mass is 16.2. The maximum atomic E-state index is 12.7. The molecule has 0 heterocycles. The van der Waals surface area contributed by atoms with Gasteiger partial charge in [-0.2, -0.15) is 0 Å². The highest BCUT2D eigenvalue weighted by molar-refractivity contribution is 5.94. The van der Waals surface area contributed by atoms with Crippen LogP contribution in [0.2, 0.25) is 0 Å². The first-order valence-electron chi connectivity index (χ1n) is 7.74. The second-order valence-electron chi connectivity index (χ2n) is 6.00. The van der Waals surface area contributed by atoms with Crippen molar-refractivity contribution in [1.82, 2.24) is 4.90 Å². The van der Waals surface area contributed by atoms with E-state index in [4.69, 9.17) is 5.73 Å². The molecule has 2 rings (SSSR count). The lowest BCUT2D eigenvalue weighted by Gasteiger charge is -2.28. The van der Waals surface area contributed by atoms with Crippen LogP contribution >= 0.6 is 0 Å². The van der Waals surface area contributed by atoms with Crippen molar-refractivity contribution in [1.29, 1.82) is 0 Å². The smallest absolute Gasteiger partial charge is 0.254 e. The average Bonchev–Trinajstić information content (AvgIpc) is 2.98. The van der Waals surface area contributed by atoms with Gasteiger partial charge in [0.05, 0.1) is 0 Å². The Morgan fingerprint density at radius 3 is 2.35 bits per heavy atom. The summed E-state index contributed by atoms with van der Waals surface area (Å²) in [5.41, 5.74) is 7.74.